The Hall–Kier alpha value is -2.75. The zero-order chi connectivity index (χ0) is 17.5. The van der Waals surface area contributed by atoms with E-state index in [2.05, 4.69) is 19.2 Å². The normalized spacial score (nSPS) is 10.9. The Morgan fingerprint density at radius 2 is 1.67 bits per heavy atom. The fraction of sp³-hybridized carbons (Fsp3) is 0.250. The van der Waals surface area contributed by atoms with Crippen molar-refractivity contribution in [1.29, 1.82) is 0 Å². The van der Waals surface area contributed by atoms with Crippen molar-refractivity contribution in [3.05, 3.63) is 59.7 Å². The third kappa shape index (κ3) is 4.62. The molecule has 4 heteroatoms. The molecule has 0 bridgehead atoms. The van der Waals surface area contributed by atoms with Gasteiger partial charge >= 0.3 is 0 Å². The molecule has 0 radical (unpaired) electrons. The van der Waals surface area contributed by atoms with Gasteiger partial charge in [0, 0.05) is 11.8 Å². The van der Waals surface area contributed by atoms with Crippen molar-refractivity contribution >= 4 is 17.7 Å². The van der Waals surface area contributed by atoms with Crippen molar-refractivity contribution in [2.24, 2.45) is 0 Å². The van der Waals surface area contributed by atoms with Gasteiger partial charge in [-0.2, -0.15) is 0 Å². The molecule has 2 rings (SSSR count). The third-order valence-corrected chi connectivity index (χ3v) is 3.68. The molecule has 0 spiro atoms. The molecular formula is C20H23NO3. The van der Waals surface area contributed by atoms with Crippen LogP contribution in [0.2, 0.25) is 0 Å². The van der Waals surface area contributed by atoms with Gasteiger partial charge in [-0.3, -0.25) is 4.79 Å². The molecule has 0 heterocycles. The van der Waals surface area contributed by atoms with E-state index in [0.29, 0.717) is 17.4 Å². The minimum atomic E-state index is -0.179. The maximum absolute atomic E-state index is 12.0. The molecule has 24 heavy (non-hydrogen) atoms. The topological polar surface area (TPSA) is 47.6 Å². The average molecular weight is 325 g/mol. The molecule has 0 aliphatic heterocycles. The van der Waals surface area contributed by atoms with Gasteiger partial charge in [0.25, 0.3) is 0 Å². The fourth-order valence-corrected chi connectivity index (χ4v) is 2.26. The number of ether oxygens (including phenoxy) is 2. The van der Waals surface area contributed by atoms with E-state index in [1.807, 2.05) is 36.4 Å². The molecule has 0 fully saturated rings. The second-order valence-electron chi connectivity index (χ2n) is 5.71. The Bertz CT molecular complexity index is 718. The van der Waals surface area contributed by atoms with Gasteiger partial charge in [0.1, 0.15) is 0 Å². The molecule has 2 aromatic rings. The summed E-state index contributed by atoms with van der Waals surface area (Å²) in [6.45, 7) is 4.28. The van der Waals surface area contributed by atoms with E-state index in [1.165, 1.54) is 11.6 Å². The standard InChI is InChI=1S/C20H23NO3/c1-14(2)16-7-9-17(10-8-16)21-20(22)12-6-15-5-11-18(23-3)19(13-15)24-4/h5-14H,1-4H3,(H,21,22)/b12-6+. The zero-order valence-electron chi connectivity index (χ0n) is 14.5. The summed E-state index contributed by atoms with van der Waals surface area (Å²) < 4.78 is 10.4. The molecule has 1 amide bonds. The lowest BCUT2D eigenvalue weighted by atomic mass is 10.0. The first-order valence-corrected chi connectivity index (χ1v) is 7.84. The maximum atomic E-state index is 12.0. The Kier molecular flexibility index (Phi) is 6.01. The van der Waals surface area contributed by atoms with Gasteiger partial charge in [-0.05, 0) is 47.4 Å². The highest BCUT2D eigenvalue weighted by atomic mass is 16.5. The summed E-state index contributed by atoms with van der Waals surface area (Å²) >= 11 is 0. The van der Waals surface area contributed by atoms with Gasteiger partial charge in [-0.1, -0.05) is 32.0 Å². The minimum absolute atomic E-state index is 0.179. The van der Waals surface area contributed by atoms with Crippen molar-refractivity contribution in [3.63, 3.8) is 0 Å². The van der Waals surface area contributed by atoms with Gasteiger partial charge in [0.05, 0.1) is 14.2 Å². The lowest BCUT2D eigenvalue weighted by Gasteiger charge is -2.08. The Morgan fingerprint density at radius 3 is 2.25 bits per heavy atom. The van der Waals surface area contributed by atoms with E-state index >= 15 is 0 Å². The summed E-state index contributed by atoms with van der Waals surface area (Å²) in [6, 6.07) is 13.4. The summed E-state index contributed by atoms with van der Waals surface area (Å²) in [4.78, 5) is 12.0. The first kappa shape index (κ1) is 17.6. The number of anilines is 1. The number of methoxy groups -OCH3 is 2. The zero-order valence-corrected chi connectivity index (χ0v) is 14.5. The SMILES string of the molecule is COc1ccc(/C=C/C(=O)Nc2ccc(C(C)C)cc2)cc1OC. The first-order chi connectivity index (χ1) is 11.5. The molecule has 0 aliphatic rings. The van der Waals surface area contributed by atoms with Gasteiger partial charge in [-0.15, -0.1) is 0 Å². The Morgan fingerprint density at radius 1 is 1.00 bits per heavy atom. The van der Waals surface area contributed by atoms with Crippen LogP contribution >= 0.6 is 0 Å². The molecular weight excluding hydrogens is 302 g/mol. The molecule has 4 nitrogen and oxygen atoms in total. The molecule has 0 saturated carbocycles. The third-order valence-electron chi connectivity index (χ3n) is 3.68. The number of hydrogen-bond donors (Lipinski definition) is 1. The van der Waals surface area contributed by atoms with Crippen molar-refractivity contribution in [1.82, 2.24) is 0 Å². The lowest BCUT2D eigenvalue weighted by Crippen LogP contribution is -2.07. The van der Waals surface area contributed by atoms with Crippen molar-refractivity contribution in [2.75, 3.05) is 19.5 Å². The number of hydrogen-bond acceptors (Lipinski definition) is 3. The summed E-state index contributed by atoms with van der Waals surface area (Å²) in [7, 11) is 3.17. The molecule has 0 atom stereocenters. The number of carbonyl (C=O) groups is 1. The van der Waals surface area contributed by atoms with Crippen LogP contribution in [-0.2, 0) is 4.79 Å². The van der Waals surface area contributed by atoms with E-state index in [9.17, 15) is 4.79 Å². The number of benzene rings is 2. The average Bonchev–Trinajstić information content (AvgIpc) is 2.60. The van der Waals surface area contributed by atoms with Crippen LogP contribution in [0.1, 0.15) is 30.9 Å². The molecule has 1 N–H and O–H groups in total. The number of amides is 1. The fourth-order valence-electron chi connectivity index (χ4n) is 2.26. The molecule has 0 unspecified atom stereocenters. The van der Waals surface area contributed by atoms with E-state index in [-0.39, 0.29) is 5.91 Å². The number of carbonyl (C=O) groups excluding carboxylic acids is 1. The van der Waals surface area contributed by atoms with Crippen LogP contribution in [0, 0.1) is 0 Å². The summed E-state index contributed by atoms with van der Waals surface area (Å²) in [5.74, 6) is 1.58. The Balaban J connectivity index is 2.02. The minimum Gasteiger partial charge on any atom is -0.493 e. The highest BCUT2D eigenvalue weighted by Gasteiger charge is 2.04. The predicted molar refractivity (Wildman–Crippen MR) is 97.7 cm³/mol. The number of nitrogens with one attached hydrogen (secondary N) is 1. The molecule has 126 valence electrons. The summed E-state index contributed by atoms with van der Waals surface area (Å²) in [5.41, 5.74) is 2.88. The van der Waals surface area contributed by atoms with Crippen molar-refractivity contribution in [2.45, 2.75) is 19.8 Å². The lowest BCUT2D eigenvalue weighted by molar-refractivity contribution is -0.111. The van der Waals surface area contributed by atoms with E-state index < -0.39 is 0 Å². The molecule has 0 saturated heterocycles. The maximum Gasteiger partial charge on any atom is 0.248 e. The van der Waals surface area contributed by atoms with Crippen LogP contribution in [0.4, 0.5) is 5.69 Å². The monoisotopic (exact) mass is 325 g/mol. The van der Waals surface area contributed by atoms with Gasteiger partial charge < -0.3 is 14.8 Å². The molecule has 2 aromatic carbocycles. The van der Waals surface area contributed by atoms with Crippen molar-refractivity contribution < 1.29 is 14.3 Å². The van der Waals surface area contributed by atoms with Crippen LogP contribution in [0.5, 0.6) is 11.5 Å². The molecule has 0 aliphatic carbocycles. The number of rotatable bonds is 6. The smallest absolute Gasteiger partial charge is 0.248 e. The highest BCUT2D eigenvalue weighted by Crippen LogP contribution is 2.28. The van der Waals surface area contributed by atoms with Gasteiger partial charge in [0.2, 0.25) is 5.91 Å². The van der Waals surface area contributed by atoms with Crippen LogP contribution in [-0.4, -0.2) is 20.1 Å². The largest absolute Gasteiger partial charge is 0.493 e. The Labute approximate surface area is 143 Å². The summed E-state index contributed by atoms with van der Waals surface area (Å²) in [5, 5.41) is 2.85. The predicted octanol–water partition coefficient (Wildman–Crippen LogP) is 4.48. The van der Waals surface area contributed by atoms with Crippen LogP contribution in [0.3, 0.4) is 0 Å². The van der Waals surface area contributed by atoms with E-state index in [0.717, 1.165) is 11.3 Å². The second-order valence-corrected chi connectivity index (χ2v) is 5.71. The van der Waals surface area contributed by atoms with Crippen molar-refractivity contribution in [3.8, 4) is 11.5 Å². The van der Waals surface area contributed by atoms with Gasteiger partial charge in [0.15, 0.2) is 11.5 Å². The molecule has 0 aromatic heterocycles. The van der Waals surface area contributed by atoms with Gasteiger partial charge in [-0.25, -0.2) is 0 Å². The summed E-state index contributed by atoms with van der Waals surface area (Å²) in [6.07, 6.45) is 3.23. The van der Waals surface area contributed by atoms with Crippen LogP contribution in [0.15, 0.2) is 48.5 Å². The van der Waals surface area contributed by atoms with E-state index in [4.69, 9.17) is 9.47 Å². The van der Waals surface area contributed by atoms with Crippen LogP contribution < -0.4 is 14.8 Å². The van der Waals surface area contributed by atoms with E-state index in [1.54, 1.807) is 26.4 Å². The van der Waals surface area contributed by atoms with Crippen LogP contribution in [0.25, 0.3) is 6.08 Å². The second kappa shape index (κ2) is 8.20. The first-order valence-electron chi connectivity index (χ1n) is 7.84. The highest BCUT2D eigenvalue weighted by molar-refractivity contribution is 6.01. The quantitative estimate of drug-likeness (QED) is 0.797.